The maximum Gasteiger partial charge on any atom is 0.0102 e. The van der Waals surface area contributed by atoms with Crippen molar-refractivity contribution in [2.45, 2.75) is 32.1 Å². The molecule has 1 heterocycles. The molecule has 0 unspecified atom stereocenters. The molecule has 1 aromatic rings. The normalized spacial score (nSPS) is 18.1. The molecule has 0 amide bonds. The van der Waals surface area contributed by atoms with Crippen molar-refractivity contribution in [3.8, 4) is 0 Å². The summed E-state index contributed by atoms with van der Waals surface area (Å²) in [6, 6.07) is 4.45. The van der Waals surface area contributed by atoms with Gasteiger partial charge in [0.1, 0.15) is 0 Å². The minimum atomic E-state index is 0.432. The third-order valence-corrected chi connectivity index (χ3v) is 6.97. The van der Waals surface area contributed by atoms with E-state index in [2.05, 4.69) is 49.4 Å². The van der Waals surface area contributed by atoms with Crippen molar-refractivity contribution < 1.29 is 0 Å². The van der Waals surface area contributed by atoms with Gasteiger partial charge in [-0.15, -0.1) is 11.3 Å². The van der Waals surface area contributed by atoms with Crippen LogP contribution in [-0.2, 0) is 6.42 Å². The van der Waals surface area contributed by atoms with Crippen LogP contribution in [0.15, 0.2) is 17.5 Å². The van der Waals surface area contributed by atoms with Gasteiger partial charge in [-0.25, -0.2) is 0 Å². The molecule has 0 aromatic carbocycles. The molecule has 0 spiro atoms. The molecule has 1 saturated carbocycles. The van der Waals surface area contributed by atoms with Crippen LogP contribution in [0.1, 0.15) is 30.6 Å². The van der Waals surface area contributed by atoms with Crippen LogP contribution < -0.4 is 0 Å². The van der Waals surface area contributed by atoms with Gasteiger partial charge >= 0.3 is 0 Å². The van der Waals surface area contributed by atoms with E-state index < -0.39 is 0 Å². The first-order valence-corrected chi connectivity index (χ1v) is 9.07. The van der Waals surface area contributed by atoms with Gasteiger partial charge in [0.2, 0.25) is 0 Å². The van der Waals surface area contributed by atoms with Crippen molar-refractivity contribution in [1.82, 2.24) is 0 Å². The van der Waals surface area contributed by atoms with Gasteiger partial charge < -0.3 is 0 Å². The van der Waals surface area contributed by atoms with Gasteiger partial charge in [-0.3, -0.25) is 0 Å². The van der Waals surface area contributed by atoms with Crippen molar-refractivity contribution in [1.29, 1.82) is 0 Å². The molecule has 1 fully saturated rings. The summed E-state index contributed by atoms with van der Waals surface area (Å²) in [6.07, 6.45) is 6.92. The van der Waals surface area contributed by atoms with Gasteiger partial charge in [0.15, 0.2) is 0 Å². The first kappa shape index (κ1) is 13.1. The maximum absolute atomic E-state index is 3.76. The lowest BCUT2D eigenvalue weighted by Gasteiger charge is -2.36. The zero-order valence-electron chi connectivity index (χ0n) is 9.42. The van der Waals surface area contributed by atoms with Crippen molar-refractivity contribution >= 4 is 43.2 Å². The molecule has 0 bridgehead atoms. The zero-order chi connectivity index (χ0) is 11.4. The highest BCUT2D eigenvalue weighted by Gasteiger charge is 2.38. The Morgan fingerprint density at radius 3 is 2.44 bits per heavy atom. The Bertz CT molecular complexity index is 298. The summed E-state index contributed by atoms with van der Waals surface area (Å²) in [5.41, 5.74) is 0.432. The summed E-state index contributed by atoms with van der Waals surface area (Å²) in [5, 5.41) is 4.43. The fourth-order valence-corrected chi connectivity index (χ4v) is 5.89. The van der Waals surface area contributed by atoms with E-state index in [9.17, 15) is 0 Å². The third kappa shape index (κ3) is 2.73. The van der Waals surface area contributed by atoms with E-state index in [1.807, 2.05) is 11.3 Å². The Hall–Kier alpha value is 0.660. The van der Waals surface area contributed by atoms with Crippen molar-refractivity contribution in [2.75, 3.05) is 10.7 Å². The average Bonchev–Trinajstić information content (AvgIpc) is 2.99. The summed E-state index contributed by atoms with van der Waals surface area (Å²) in [7, 11) is 0. The van der Waals surface area contributed by atoms with Crippen LogP contribution in [0.3, 0.4) is 0 Å². The molecule has 0 atom stereocenters. The van der Waals surface area contributed by atoms with E-state index in [0.29, 0.717) is 5.41 Å². The smallest absolute Gasteiger partial charge is 0.0102 e. The number of alkyl halides is 2. The largest absolute Gasteiger partial charge is 0.149 e. The van der Waals surface area contributed by atoms with Crippen LogP contribution in [-0.4, -0.2) is 10.7 Å². The highest BCUT2D eigenvalue weighted by molar-refractivity contribution is 9.09. The van der Waals surface area contributed by atoms with Crippen molar-refractivity contribution in [3.05, 3.63) is 22.4 Å². The summed E-state index contributed by atoms with van der Waals surface area (Å²) in [5.74, 6) is 0.897. The molecule has 1 aromatic heterocycles. The monoisotopic (exact) mass is 364 g/mol. The topological polar surface area (TPSA) is 0 Å². The Kier molecular flexibility index (Phi) is 4.92. The van der Waals surface area contributed by atoms with Crippen LogP contribution in [0.5, 0.6) is 0 Å². The predicted molar refractivity (Wildman–Crippen MR) is 80.0 cm³/mol. The first-order valence-electron chi connectivity index (χ1n) is 5.95. The number of halogens is 2. The number of hydrogen-bond acceptors (Lipinski definition) is 1. The molecule has 2 rings (SSSR count). The van der Waals surface area contributed by atoms with Crippen LogP contribution in [0.25, 0.3) is 0 Å². The average molecular weight is 366 g/mol. The summed E-state index contributed by atoms with van der Waals surface area (Å²) >= 11 is 9.42. The molecule has 3 heteroatoms. The third-order valence-electron chi connectivity index (χ3n) is 3.86. The molecule has 0 N–H and O–H groups in total. The van der Waals surface area contributed by atoms with Crippen LogP contribution in [0, 0.1) is 11.3 Å². The Balaban J connectivity index is 2.13. The maximum atomic E-state index is 3.76. The predicted octanol–water partition coefficient (Wildman–Crippen LogP) is 5.26. The standard InChI is InChI=1S/C13H18Br2S/c14-9-13(10-15,11-4-1-2-5-11)8-12-6-3-7-16-12/h3,6-7,11H,1-2,4-5,8-10H2. The van der Waals surface area contributed by atoms with E-state index in [4.69, 9.17) is 0 Å². The molecule has 0 aliphatic heterocycles. The lowest BCUT2D eigenvalue weighted by Crippen LogP contribution is -2.35. The van der Waals surface area contributed by atoms with Crippen LogP contribution in [0.2, 0.25) is 0 Å². The zero-order valence-corrected chi connectivity index (χ0v) is 13.4. The molecule has 16 heavy (non-hydrogen) atoms. The first-order chi connectivity index (χ1) is 7.80. The second-order valence-electron chi connectivity index (χ2n) is 4.87. The highest BCUT2D eigenvalue weighted by Crippen LogP contribution is 2.45. The highest BCUT2D eigenvalue weighted by atomic mass is 79.9. The second-order valence-corrected chi connectivity index (χ2v) is 7.02. The van der Waals surface area contributed by atoms with Gasteiger partial charge in [-0.05, 0) is 42.0 Å². The lowest BCUT2D eigenvalue weighted by atomic mass is 9.75. The van der Waals surface area contributed by atoms with Crippen LogP contribution >= 0.6 is 43.2 Å². The Morgan fingerprint density at radius 1 is 1.25 bits per heavy atom. The summed E-state index contributed by atoms with van der Waals surface area (Å²) in [6.45, 7) is 0. The summed E-state index contributed by atoms with van der Waals surface area (Å²) < 4.78 is 0. The van der Waals surface area contributed by atoms with Gasteiger partial charge in [-0.1, -0.05) is 50.8 Å². The fourth-order valence-electron chi connectivity index (χ4n) is 2.79. The van der Waals surface area contributed by atoms with E-state index >= 15 is 0 Å². The minimum Gasteiger partial charge on any atom is -0.149 e. The van der Waals surface area contributed by atoms with Crippen molar-refractivity contribution in [2.24, 2.45) is 11.3 Å². The fraction of sp³-hybridized carbons (Fsp3) is 0.692. The van der Waals surface area contributed by atoms with E-state index in [-0.39, 0.29) is 0 Å². The molecular weight excluding hydrogens is 348 g/mol. The summed E-state index contributed by atoms with van der Waals surface area (Å²) in [4.78, 5) is 1.53. The molecule has 1 aliphatic rings. The van der Waals surface area contributed by atoms with Gasteiger partial charge in [0, 0.05) is 15.5 Å². The van der Waals surface area contributed by atoms with E-state index in [0.717, 1.165) is 16.6 Å². The van der Waals surface area contributed by atoms with E-state index in [1.165, 1.54) is 37.0 Å². The van der Waals surface area contributed by atoms with Gasteiger partial charge in [0.25, 0.3) is 0 Å². The quantitative estimate of drug-likeness (QED) is 0.624. The Morgan fingerprint density at radius 2 is 1.94 bits per heavy atom. The van der Waals surface area contributed by atoms with Gasteiger partial charge in [-0.2, -0.15) is 0 Å². The molecule has 0 saturated heterocycles. The number of hydrogen-bond donors (Lipinski definition) is 0. The molecule has 90 valence electrons. The van der Waals surface area contributed by atoms with E-state index in [1.54, 1.807) is 0 Å². The SMILES string of the molecule is BrCC(CBr)(Cc1cccs1)C1CCCC1. The second kappa shape index (κ2) is 6.01. The minimum absolute atomic E-state index is 0.432. The number of rotatable bonds is 5. The lowest BCUT2D eigenvalue weighted by molar-refractivity contribution is 0.234. The molecular formula is C13H18Br2S. The van der Waals surface area contributed by atoms with Crippen molar-refractivity contribution in [3.63, 3.8) is 0 Å². The molecule has 0 radical (unpaired) electrons. The molecule has 0 nitrogen and oxygen atoms in total. The number of thiophene rings is 1. The van der Waals surface area contributed by atoms with Crippen LogP contribution in [0.4, 0.5) is 0 Å². The molecule has 1 aliphatic carbocycles. The van der Waals surface area contributed by atoms with Gasteiger partial charge in [0.05, 0.1) is 0 Å². The Labute approximate surface area is 119 Å².